The van der Waals surface area contributed by atoms with Crippen molar-refractivity contribution in [2.75, 3.05) is 0 Å². The van der Waals surface area contributed by atoms with Crippen LogP contribution >= 0.6 is 11.6 Å². The first-order chi connectivity index (χ1) is 7.02. The number of benzene rings is 1. The van der Waals surface area contributed by atoms with Gasteiger partial charge in [0.1, 0.15) is 5.56 Å². The van der Waals surface area contributed by atoms with Crippen LogP contribution in [0.5, 0.6) is 0 Å². The number of hydrogen-bond donors (Lipinski definition) is 1. The third-order valence-corrected chi connectivity index (χ3v) is 2.33. The topological polar surface area (TPSA) is 89.3 Å². The number of nitro groups is 1. The van der Waals surface area contributed by atoms with Gasteiger partial charge in [-0.15, -0.1) is 0 Å². The molecule has 0 bridgehead atoms. The predicted octanol–water partition coefficient (Wildman–Crippen LogP) is 1.13. The number of nitrogens with one attached hydrogen (secondary N) is 1. The van der Waals surface area contributed by atoms with Crippen molar-refractivity contribution < 1.29 is 14.5 Å². The van der Waals surface area contributed by atoms with E-state index >= 15 is 0 Å². The lowest BCUT2D eigenvalue weighted by atomic mass is 10.1. The average Bonchev–Trinajstić information content (AvgIpc) is 2.43. The van der Waals surface area contributed by atoms with Crippen LogP contribution in [0.15, 0.2) is 12.1 Å². The molecule has 1 heterocycles. The molecule has 0 fully saturated rings. The van der Waals surface area contributed by atoms with Crippen molar-refractivity contribution in [1.29, 1.82) is 0 Å². The quantitative estimate of drug-likeness (QED) is 0.442. The van der Waals surface area contributed by atoms with E-state index in [0.717, 1.165) is 6.07 Å². The van der Waals surface area contributed by atoms with Crippen LogP contribution < -0.4 is 5.32 Å². The van der Waals surface area contributed by atoms with Crippen LogP contribution in [0.3, 0.4) is 0 Å². The van der Waals surface area contributed by atoms with Gasteiger partial charge in [0.15, 0.2) is 0 Å². The monoisotopic (exact) mass is 226 g/mol. The summed E-state index contributed by atoms with van der Waals surface area (Å²) < 4.78 is 0. The van der Waals surface area contributed by atoms with Gasteiger partial charge in [-0.3, -0.25) is 25.0 Å². The summed E-state index contributed by atoms with van der Waals surface area (Å²) in [5.41, 5.74) is -0.814. The Morgan fingerprint density at radius 3 is 2.40 bits per heavy atom. The van der Waals surface area contributed by atoms with E-state index < -0.39 is 22.4 Å². The van der Waals surface area contributed by atoms with E-state index in [2.05, 4.69) is 0 Å². The van der Waals surface area contributed by atoms with E-state index in [-0.39, 0.29) is 16.1 Å². The SMILES string of the molecule is O=C1NC(=O)c2c([N+](=O)[O-])ccc(Cl)c21. The van der Waals surface area contributed by atoms with Crippen molar-refractivity contribution in [3.8, 4) is 0 Å². The smallest absolute Gasteiger partial charge is 0.283 e. The molecule has 1 aliphatic heterocycles. The maximum atomic E-state index is 11.3. The van der Waals surface area contributed by atoms with Gasteiger partial charge < -0.3 is 0 Å². The van der Waals surface area contributed by atoms with Gasteiger partial charge in [-0.2, -0.15) is 0 Å². The molecule has 0 radical (unpaired) electrons. The van der Waals surface area contributed by atoms with Crippen LogP contribution in [0.4, 0.5) is 5.69 Å². The van der Waals surface area contributed by atoms with Gasteiger partial charge in [0.25, 0.3) is 17.5 Å². The van der Waals surface area contributed by atoms with Crippen molar-refractivity contribution >= 4 is 29.1 Å². The molecule has 2 rings (SSSR count). The van der Waals surface area contributed by atoms with Gasteiger partial charge >= 0.3 is 0 Å². The lowest BCUT2D eigenvalue weighted by molar-refractivity contribution is -0.385. The van der Waals surface area contributed by atoms with Crippen molar-refractivity contribution in [1.82, 2.24) is 5.32 Å². The molecule has 1 N–H and O–H groups in total. The number of amides is 2. The Balaban J connectivity index is 2.81. The fourth-order valence-corrected chi connectivity index (χ4v) is 1.64. The molecule has 0 saturated heterocycles. The lowest BCUT2D eigenvalue weighted by Gasteiger charge is -1.98. The van der Waals surface area contributed by atoms with Crippen molar-refractivity contribution in [3.05, 3.63) is 38.4 Å². The van der Waals surface area contributed by atoms with E-state index in [4.69, 9.17) is 11.6 Å². The molecule has 76 valence electrons. The van der Waals surface area contributed by atoms with E-state index in [9.17, 15) is 19.7 Å². The Kier molecular flexibility index (Phi) is 1.94. The highest BCUT2D eigenvalue weighted by molar-refractivity contribution is 6.37. The Bertz CT molecular complexity index is 512. The summed E-state index contributed by atoms with van der Waals surface area (Å²) in [5.74, 6) is -1.49. The molecule has 15 heavy (non-hydrogen) atoms. The maximum absolute atomic E-state index is 11.3. The fourth-order valence-electron chi connectivity index (χ4n) is 1.40. The van der Waals surface area contributed by atoms with E-state index in [1.165, 1.54) is 6.07 Å². The van der Waals surface area contributed by atoms with E-state index in [1.54, 1.807) is 0 Å². The van der Waals surface area contributed by atoms with E-state index in [0.29, 0.717) is 0 Å². The fraction of sp³-hybridized carbons (Fsp3) is 0. The number of carbonyl (C=O) groups is 2. The number of carbonyl (C=O) groups excluding carboxylic acids is 2. The second kappa shape index (κ2) is 3.03. The van der Waals surface area contributed by atoms with Crippen LogP contribution in [-0.4, -0.2) is 16.7 Å². The Labute approximate surface area is 88.0 Å². The number of fused-ring (bicyclic) bond motifs is 1. The van der Waals surface area contributed by atoms with Crippen molar-refractivity contribution in [3.63, 3.8) is 0 Å². The third-order valence-electron chi connectivity index (χ3n) is 2.01. The summed E-state index contributed by atoms with van der Waals surface area (Å²) in [4.78, 5) is 32.4. The predicted molar refractivity (Wildman–Crippen MR) is 49.9 cm³/mol. The number of imide groups is 1. The highest BCUT2D eigenvalue weighted by Crippen LogP contribution is 2.31. The minimum absolute atomic E-state index is 0.0268. The number of halogens is 1. The summed E-state index contributed by atoms with van der Waals surface area (Å²) in [6.07, 6.45) is 0. The van der Waals surface area contributed by atoms with Gasteiger partial charge in [-0.25, -0.2) is 0 Å². The molecule has 7 heteroatoms. The Morgan fingerprint density at radius 2 is 1.80 bits per heavy atom. The number of hydrogen-bond acceptors (Lipinski definition) is 4. The lowest BCUT2D eigenvalue weighted by Crippen LogP contribution is -2.20. The van der Waals surface area contributed by atoms with Crippen LogP contribution in [0.25, 0.3) is 0 Å². The molecular weight excluding hydrogens is 224 g/mol. The molecule has 6 nitrogen and oxygen atoms in total. The van der Waals surface area contributed by atoms with Gasteiger partial charge in [0.2, 0.25) is 0 Å². The number of nitrogens with zero attached hydrogens (tertiary/aromatic N) is 1. The zero-order valence-corrected chi connectivity index (χ0v) is 7.87. The molecule has 1 aromatic rings. The summed E-state index contributed by atoms with van der Waals surface area (Å²) in [5, 5.41) is 12.6. The minimum atomic E-state index is -0.788. The summed E-state index contributed by atoms with van der Waals surface area (Å²) >= 11 is 5.67. The molecule has 1 aromatic carbocycles. The number of nitro benzene ring substituents is 1. The van der Waals surface area contributed by atoms with Gasteiger partial charge in [-0.1, -0.05) is 11.6 Å². The minimum Gasteiger partial charge on any atom is -0.288 e. The third kappa shape index (κ3) is 1.26. The summed E-state index contributed by atoms with van der Waals surface area (Å²) in [6.45, 7) is 0. The van der Waals surface area contributed by atoms with Crippen LogP contribution in [-0.2, 0) is 0 Å². The molecule has 1 aliphatic rings. The standard InChI is InChI=1S/C8H3ClN2O4/c9-3-1-2-4(11(14)15)6-5(3)7(12)10-8(6)13/h1-2H,(H,10,12,13). The van der Waals surface area contributed by atoms with Crippen LogP contribution in [0.2, 0.25) is 5.02 Å². The second-order valence-electron chi connectivity index (χ2n) is 2.86. The average molecular weight is 227 g/mol. The first kappa shape index (κ1) is 9.60. The molecular formula is C8H3ClN2O4. The highest BCUT2D eigenvalue weighted by Gasteiger charge is 2.36. The summed E-state index contributed by atoms with van der Waals surface area (Å²) in [7, 11) is 0. The van der Waals surface area contributed by atoms with Crippen LogP contribution in [0, 0.1) is 10.1 Å². The van der Waals surface area contributed by atoms with E-state index in [1.807, 2.05) is 5.32 Å². The molecule has 0 aliphatic carbocycles. The first-order valence-electron chi connectivity index (χ1n) is 3.85. The molecule has 0 unspecified atom stereocenters. The van der Waals surface area contributed by atoms with Crippen molar-refractivity contribution in [2.24, 2.45) is 0 Å². The maximum Gasteiger partial charge on any atom is 0.283 e. The molecule has 0 aromatic heterocycles. The molecule has 0 atom stereocenters. The van der Waals surface area contributed by atoms with Gasteiger partial charge in [-0.05, 0) is 6.07 Å². The Morgan fingerprint density at radius 1 is 1.20 bits per heavy atom. The van der Waals surface area contributed by atoms with Crippen LogP contribution in [0.1, 0.15) is 20.7 Å². The highest BCUT2D eigenvalue weighted by atomic mass is 35.5. The van der Waals surface area contributed by atoms with Crippen molar-refractivity contribution in [2.45, 2.75) is 0 Å². The molecule has 2 amide bonds. The number of rotatable bonds is 1. The Hall–Kier alpha value is -1.95. The largest absolute Gasteiger partial charge is 0.288 e. The van der Waals surface area contributed by atoms with Gasteiger partial charge in [0, 0.05) is 6.07 Å². The zero-order chi connectivity index (χ0) is 11.2. The molecule has 0 saturated carbocycles. The molecule has 0 spiro atoms. The van der Waals surface area contributed by atoms with Gasteiger partial charge in [0.05, 0.1) is 15.5 Å². The summed E-state index contributed by atoms with van der Waals surface area (Å²) in [6, 6.07) is 2.32. The first-order valence-corrected chi connectivity index (χ1v) is 4.22. The normalized spacial score (nSPS) is 13.7. The zero-order valence-electron chi connectivity index (χ0n) is 7.11. The second-order valence-corrected chi connectivity index (χ2v) is 3.26.